The second-order valence-electron chi connectivity index (χ2n) is 6.01. The van der Waals surface area contributed by atoms with Crippen LogP contribution in [0.4, 0.5) is 5.69 Å². The molecule has 7 heteroatoms. The van der Waals surface area contributed by atoms with Gasteiger partial charge in [-0.1, -0.05) is 18.2 Å². The van der Waals surface area contributed by atoms with Crippen LogP contribution in [0.5, 0.6) is 0 Å². The first kappa shape index (κ1) is 17.4. The molecule has 5 nitrogen and oxygen atoms in total. The summed E-state index contributed by atoms with van der Waals surface area (Å²) in [4.78, 5) is 20.0. The highest BCUT2D eigenvalue weighted by molar-refractivity contribution is 7.71. The Labute approximate surface area is 165 Å². The number of aryl methyl sites for hydroxylation is 1. The molecule has 0 aliphatic carbocycles. The van der Waals surface area contributed by atoms with Crippen LogP contribution in [0.3, 0.4) is 0 Å². The van der Waals surface area contributed by atoms with Crippen LogP contribution in [0, 0.1) is 11.7 Å². The third-order valence-electron chi connectivity index (χ3n) is 4.04. The van der Waals surface area contributed by atoms with Gasteiger partial charge in [-0.3, -0.25) is 9.36 Å². The van der Waals surface area contributed by atoms with Crippen molar-refractivity contribution in [1.82, 2.24) is 14.5 Å². The van der Waals surface area contributed by atoms with E-state index in [1.54, 1.807) is 17.5 Å². The molecule has 0 bridgehead atoms. The molecule has 0 radical (unpaired) electrons. The minimum Gasteiger partial charge on any atom is -0.337 e. The quantitative estimate of drug-likeness (QED) is 0.468. The summed E-state index contributed by atoms with van der Waals surface area (Å²) >= 11 is 6.84. The molecule has 2 aromatic heterocycles. The zero-order valence-corrected chi connectivity index (χ0v) is 16.1. The molecule has 2 aromatic carbocycles. The van der Waals surface area contributed by atoms with Crippen molar-refractivity contribution in [2.24, 2.45) is 0 Å². The van der Waals surface area contributed by atoms with E-state index in [1.165, 1.54) is 0 Å². The SMILES string of the molecule is Cc1csc(-c2ccc(C(=O)Nc3cccc(-n4cc[nH]c4=S)c3)cc2)n1. The van der Waals surface area contributed by atoms with Gasteiger partial charge in [-0.25, -0.2) is 4.98 Å². The van der Waals surface area contributed by atoms with Crippen LogP contribution in [0.25, 0.3) is 16.3 Å². The Morgan fingerprint density at radius 1 is 1.22 bits per heavy atom. The molecular weight excluding hydrogens is 376 g/mol. The maximum absolute atomic E-state index is 12.6. The maximum Gasteiger partial charge on any atom is 0.255 e. The summed E-state index contributed by atoms with van der Waals surface area (Å²) in [6.45, 7) is 1.97. The Balaban J connectivity index is 1.52. The third-order valence-corrected chi connectivity index (χ3v) is 5.37. The van der Waals surface area contributed by atoms with Gasteiger partial charge in [0.05, 0.1) is 0 Å². The second kappa shape index (κ2) is 7.30. The molecule has 2 heterocycles. The third kappa shape index (κ3) is 3.74. The van der Waals surface area contributed by atoms with Crippen LogP contribution in [0.1, 0.15) is 16.1 Å². The topological polar surface area (TPSA) is 62.7 Å². The molecule has 0 unspecified atom stereocenters. The summed E-state index contributed by atoms with van der Waals surface area (Å²) in [7, 11) is 0. The Kier molecular flexibility index (Phi) is 4.70. The lowest BCUT2D eigenvalue weighted by molar-refractivity contribution is 0.102. The standard InChI is InChI=1S/C20H16N4OS2/c1-13-12-27-19(22-13)15-7-5-14(6-8-15)18(25)23-16-3-2-4-17(11-16)24-10-9-21-20(24)26/h2-12H,1H3,(H,21,26)(H,23,25). The number of hydrogen-bond donors (Lipinski definition) is 2. The van der Waals surface area contributed by atoms with Gasteiger partial charge in [-0.15, -0.1) is 11.3 Å². The van der Waals surface area contributed by atoms with E-state index < -0.39 is 0 Å². The molecule has 2 N–H and O–H groups in total. The van der Waals surface area contributed by atoms with Gasteiger partial charge in [0.1, 0.15) is 5.01 Å². The maximum atomic E-state index is 12.6. The number of benzene rings is 2. The predicted octanol–water partition coefficient (Wildman–Crippen LogP) is 5.22. The van der Waals surface area contributed by atoms with Gasteiger partial charge in [-0.2, -0.15) is 0 Å². The number of hydrogen-bond acceptors (Lipinski definition) is 4. The molecule has 0 aliphatic heterocycles. The van der Waals surface area contributed by atoms with E-state index in [0.29, 0.717) is 16.0 Å². The summed E-state index contributed by atoms with van der Waals surface area (Å²) in [6.07, 6.45) is 3.63. The van der Waals surface area contributed by atoms with Crippen LogP contribution in [-0.4, -0.2) is 20.4 Å². The van der Waals surface area contributed by atoms with Gasteiger partial charge in [0.2, 0.25) is 0 Å². The van der Waals surface area contributed by atoms with Gasteiger partial charge in [-0.05, 0) is 49.5 Å². The van der Waals surface area contributed by atoms with Crippen molar-refractivity contribution in [3.8, 4) is 16.3 Å². The number of nitrogens with one attached hydrogen (secondary N) is 2. The molecule has 134 valence electrons. The summed E-state index contributed by atoms with van der Waals surface area (Å²) in [6, 6.07) is 15.0. The Morgan fingerprint density at radius 3 is 2.70 bits per heavy atom. The van der Waals surface area contributed by atoms with Gasteiger partial charge in [0.15, 0.2) is 4.77 Å². The number of aromatic amines is 1. The largest absolute Gasteiger partial charge is 0.337 e. The van der Waals surface area contributed by atoms with Crippen LogP contribution >= 0.6 is 23.6 Å². The molecule has 4 rings (SSSR count). The Bertz CT molecular complexity index is 1150. The normalized spacial score (nSPS) is 10.7. The predicted molar refractivity (Wildman–Crippen MR) is 111 cm³/mol. The minimum atomic E-state index is -0.160. The van der Waals surface area contributed by atoms with Gasteiger partial charge in [0, 0.05) is 46.0 Å². The van der Waals surface area contributed by atoms with Crippen molar-refractivity contribution in [1.29, 1.82) is 0 Å². The van der Waals surface area contributed by atoms with E-state index in [0.717, 1.165) is 22.0 Å². The van der Waals surface area contributed by atoms with E-state index in [1.807, 2.05) is 71.6 Å². The lowest BCUT2D eigenvalue weighted by atomic mass is 10.1. The molecule has 0 saturated carbocycles. The van der Waals surface area contributed by atoms with Crippen molar-refractivity contribution in [2.45, 2.75) is 6.92 Å². The van der Waals surface area contributed by atoms with E-state index >= 15 is 0 Å². The first-order valence-corrected chi connectivity index (χ1v) is 9.59. The summed E-state index contributed by atoms with van der Waals surface area (Å²) in [5.74, 6) is -0.160. The van der Waals surface area contributed by atoms with Crippen molar-refractivity contribution >= 4 is 35.1 Å². The first-order valence-electron chi connectivity index (χ1n) is 8.30. The van der Waals surface area contributed by atoms with Crippen LogP contribution < -0.4 is 5.32 Å². The lowest BCUT2D eigenvalue weighted by Crippen LogP contribution is -2.12. The highest BCUT2D eigenvalue weighted by Crippen LogP contribution is 2.24. The van der Waals surface area contributed by atoms with E-state index in [-0.39, 0.29) is 5.91 Å². The summed E-state index contributed by atoms with van der Waals surface area (Å²) in [5, 5.41) is 5.90. The van der Waals surface area contributed by atoms with Gasteiger partial charge < -0.3 is 10.3 Å². The molecule has 0 saturated heterocycles. The van der Waals surface area contributed by atoms with E-state index in [4.69, 9.17) is 12.2 Å². The lowest BCUT2D eigenvalue weighted by Gasteiger charge is -2.08. The number of H-pyrrole nitrogens is 1. The van der Waals surface area contributed by atoms with E-state index in [9.17, 15) is 4.79 Å². The number of carbonyl (C=O) groups excluding carboxylic acids is 1. The van der Waals surface area contributed by atoms with Crippen molar-refractivity contribution in [3.63, 3.8) is 0 Å². The molecule has 0 aliphatic rings. The average Bonchev–Trinajstić information content (AvgIpc) is 3.30. The van der Waals surface area contributed by atoms with E-state index in [2.05, 4.69) is 15.3 Å². The van der Waals surface area contributed by atoms with Gasteiger partial charge in [0.25, 0.3) is 5.91 Å². The number of amides is 1. The molecule has 0 atom stereocenters. The fraction of sp³-hybridized carbons (Fsp3) is 0.0500. The molecule has 0 spiro atoms. The number of thiazole rings is 1. The summed E-state index contributed by atoms with van der Waals surface area (Å²) < 4.78 is 2.45. The highest BCUT2D eigenvalue weighted by Gasteiger charge is 2.09. The Morgan fingerprint density at radius 2 is 2.04 bits per heavy atom. The zero-order valence-electron chi connectivity index (χ0n) is 14.5. The zero-order chi connectivity index (χ0) is 18.8. The fourth-order valence-electron chi connectivity index (χ4n) is 2.71. The van der Waals surface area contributed by atoms with Crippen LogP contribution in [0.2, 0.25) is 0 Å². The number of carbonyl (C=O) groups is 1. The number of aromatic nitrogens is 3. The summed E-state index contributed by atoms with van der Waals surface area (Å²) in [5.41, 5.74) is 4.19. The highest BCUT2D eigenvalue weighted by atomic mass is 32.1. The molecule has 27 heavy (non-hydrogen) atoms. The first-order chi connectivity index (χ1) is 13.1. The second-order valence-corrected chi connectivity index (χ2v) is 7.26. The van der Waals surface area contributed by atoms with Crippen LogP contribution in [0.15, 0.2) is 66.3 Å². The molecular formula is C20H16N4OS2. The average molecular weight is 393 g/mol. The monoisotopic (exact) mass is 392 g/mol. The molecule has 0 fully saturated rings. The fourth-order valence-corrected chi connectivity index (χ4v) is 3.75. The number of nitrogens with zero attached hydrogens (tertiary/aromatic N) is 2. The number of imidazole rings is 1. The minimum absolute atomic E-state index is 0.160. The molecule has 4 aromatic rings. The smallest absolute Gasteiger partial charge is 0.255 e. The number of anilines is 1. The van der Waals surface area contributed by atoms with Crippen molar-refractivity contribution in [3.05, 3.63) is 82.3 Å². The van der Waals surface area contributed by atoms with Gasteiger partial charge >= 0.3 is 0 Å². The molecule has 1 amide bonds. The van der Waals surface area contributed by atoms with Crippen molar-refractivity contribution in [2.75, 3.05) is 5.32 Å². The van der Waals surface area contributed by atoms with Crippen LogP contribution in [-0.2, 0) is 0 Å². The number of rotatable bonds is 4. The van der Waals surface area contributed by atoms with Crippen molar-refractivity contribution < 1.29 is 4.79 Å². The Hall–Kier alpha value is -3.03.